The van der Waals surface area contributed by atoms with Gasteiger partial charge in [-0.2, -0.15) is 5.26 Å². The molecule has 3 aromatic carbocycles. The van der Waals surface area contributed by atoms with E-state index < -0.39 is 11.7 Å². The number of nitriles is 1. The molecule has 0 aromatic heterocycles. The Kier molecular flexibility index (Phi) is 8.00. The minimum Gasteiger partial charge on any atom is -0.486 e. The summed E-state index contributed by atoms with van der Waals surface area (Å²) < 4.78 is 19.5. The number of amides is 1. The van der Waals surface area contributed by atoms with Gasteiger partial charge in [-0.05, 0) is 48.0 Å². The number of carbonyl (C=O) groups excluding carboxylic acids is 1. The van der Waals surface area contributed by atoms with Crippen LogP contribution in [0.25, 0.3) is 6.08 Å². The Morgan fingerprint density at radius 2 is 1.72 bits per heavy atom. The Labute approximate surface area is 203 Å². The summed E-state index contributed by atoms with van der Waals surface area (Å²) in [6.45, 7) is 0.0963. The Morgan fingerprint density at radius 3 is 2.34 bits per heavy atom. The van der Waals surface area contributed by atoms with Crippen LogP contribution in [0.3, 0.4) is 0 Å². The third-order valence-corrected chi connectivity index (χ3v) is 5.35. The normalized spacial score (nSPS) is 11.1. The van der Waals surface area contributed by atoms with Gasteiger partial charge in [-0.1, -0.05) is 64.6 Å². The summed E-state index contributed by atoms with van der Waals surface area (Å²) in [6.07, 6.45) is 1.29. The average Bonchev–Trinajstić information content (AvgIpc) is 2.74. The predicted octanol–water partition coefficient (Wildman–Crippen LogP) is 7.56. The van der Waals surface area contributed by atoms with E-state index in [2.05, 4.69) is 5.32 Å². The van der Waals surface area contributed by atoms with Crippen molar-refractivity contribution in [2.75, 3.05) is 5.32 Å². The Hall–Kier alpha value is -2.75. The molecule has 0 saturated carbocycles. The molecule has 0 radical (unpaired) electrons. The summed E-state index contributed by atoms with van der Waals surface area (Å²) >= 11 is 24.6. The molecule has 3 rings (SSSR count). The highest BCUT2D eigenvalue weighted by atomic mass is 35.5. The SMILES string of the molecule is N#C/C(=C/c1cc(Cl)c(OCc2ccc(Cl)cc2Cl)c(Cl)c1)C(=O)Nc1ccccc1F. The van der Waals surface area contributed by atoms with Crippen LogP contribution >= 0.6 is 46.4 Å². The lowest BCUT2D eigenvalue weighted by Gasteiger charge is -2.12. The number of carbonyl (C=O) groups is 1. The summed E-state index contributed by atoms with van der Waals surface area (Å²) in [5, 5.41) is 13.0. The maximum atomic E-state index is 13.8. The van der Waals surface area contributed by atoms with Crippen molar-refractivity contribution >= 4 is 64.1 Å². The first-order valence-corrected chi connectivity index (χ1v) is 10.5. The van der Waals surface area contributed by atoms with E-state index in [9.17, 15) is 14.4 Å². The summed E-state index contributed by atoms with van der Waals surface area (Å²) in [5.74, 6) is -1.18. The van der Waals surface area contributed by atoms with Crippen molar-refractivity contribution in [2.24, 2.45) is 0 Å². The highest BCUT2D eigenvalue weighted by Gasteiger charge is 2.15. The van der Waals surface area contributed by atoms with Gasteiger partial charge in [-0.15, -0.1) is 0 Å². The van der Waals surface area contributed by atoms with Crippen LogP contribution in [0.2, 0.25) is 20.1 Å². The van der Waals surface area contributed by atoms with Gasteiger partial charge in [-0.25, -0.2) is 4.39 Å². The molecule has 0 fully saturated rings. The number of nitrogens with zero attached hydrogens (tertiary/aromatic N) is 1. The molecule has 0 spiro atoms. The Balaban J connectivity index is 1.79. The van der Waals surface area contributed by atoms with Gasteiger partial charge in [0.25, 0.3) is 5.91 Å². The predicted molar refractivity (Wildman–Crippen MR) is 126 cm³/mol. The van der Waals surface area contributed by atoms with E-state index in [1.165, 1.54) is 36.4 Å². The molecule has 1 N–H and O–H groups in total. The summed E-state index contributed by atoms with van der Waals surface area (Å²) in [5.41, 5.74) is 0.766. The lowest BCUT2D eigenvalue weighted by Crippen LogP contribution is -2.14. The zero-order chi connectivity index (χ0) is 23.3. The zero-order valence-electron chi connectivity index (χ0n) is 16.1. The van der Waals surface area contributed by atoms with Crippen LogP contribution in [-0.2, 0) is 11.4 Å². The molecule has 1 amide bonds. The van der Waals surface area contributed by atoms with Crippen molar-refractivity contribution in [3.05, 3.63) is 97.2 Å². The van der Waals surface area contributed by atoms with E-state index in [4.69, 9.17) is 51.1 Å². The lowest BCUT2D eigenvalue weighted by molar-refractivity contribution is -0.112. The van der Waals surface area contributed by atoms with Crippen LogP contribution in [0.5, 0.6) is 5.75 Å². The van der Waals surface area contributed by atoms with Crippen LogP contribution in [0.1, 0.15) is 11.1 Å². The second-order valence-electron chi connectivity index (χ2n) is 6.44. The van der Waals surface area contributed by atoms with E-state index in [1.54, 1.807) is 30.3 Å². The lowest BCUT2D eigenvalue weighted by atomic mass is 10.1. The minimum absolute atomic E-state index is 0.0423. The van der Waals surface area contributed by atoms with Crippen LogP contribution in [0, 0.1) is 17.1 Å². The molecule has 0 bridgehead atoms. The monoisotopic (exact) mass is 508 g/mol. The molecule has 0 atom stereocenters. The Morgan fingerprint density at radius 1 is 1.03 bits per heavy atom. The fourth-order valence-corrected chi connectivity index (χ4v) is 3.73. The second kappa shape index (κ2) is 10.7. The molecule has 0 aliphatic heterocycles. The van der Waals surface area contributed by atoms with Gasteiger partial charge >= 0.3 is 0 Å². The molecular formula is C23H13Cl4FN2O2. The number of rotatable bonds is 6. The van der Waals surface area contributed by atoms with Gasteiger partial charge < -0.3 is 10.1 Å². The fourth-order valence-electron chi connectivity index (χ4n) is 2.66. The summed E-state index contributed by atoms with van der Waals surface area (Å²) in [6, 6.07) is 15.4. The second-order valence-corrected chi connectivity index (χ2v) is 8.10. The zero-order valence-corrected chi connectivity index (χ0v) is 19.2. The van der Waals surface area contributed by atoms with Crippen molar-refractivity contribution in [3.63, 3.8) is 0 Å². The Bertz CT molecular complexity index is 1230. The molecule has 0 heterocycles. The first kappa shape index (κ1) is 23.9. The quantitative estimate of drug-likeness (QED) is 0.275. The molecule has 162 valence electrons. The molecule has 0 saturated heterocycles. The number of para-hydroxylation sites is 1. The summed E-state index contributed by atoms with van der Waals surface area (Å²) in [7, 11) is 0. The maximum absolute atomic E-state index is 13.8. The number of benzene rings is 3. The van der Waals surface area contributed by atoms with Crippen LogP contribution < -0.4 is 10.1 Å². The third-order valence-electron chi connectivity index (χ3n) is 4.21. The highest BCUT2D eigenvalue weighted by Crippen LogP contribution is 2.36. The molecule has 3 aromatic rings. The van der Waals surface area contributed by atoms with Gasteiger partial charge in [-0.3, -0.25) is 4.79 Å². The van der Waals surface area contributed by atoms with Gasteiger partial charge in [0.15, 0.2) is 5.75 Å². The molecule has 32 heavy (non-hydrogen) atoms. The van der Waals surface area contributed by atoms with Gasteiger partial charge in [0.1, 0.15) is 24.1 Å². The van der Waals surface area contributed by atoms with Crippen molar-refractivity contribution in [2.45, 2.75) is 6.61 Å². The van der Waals surface area contributed by atoms with Crippen LogP contribution in [0.15, 0.2) is 60.2 Å². The number of halogens is 5. The minimum atomic E-state index is -0.775. The number of hydrogen-bond acceptors (Lipinski definition) is 3. The smallest absolute Gasteiger partial charge is 0.266 e. The summed E-state index contributed by atoms with van der Waals surface area (Å²) in [4.78, 5) is 12.4. The fraction of sp³-hybridized carbons (Fsp3) is 0.0435. The average molecular weight is 510 g/mol. The van der Waals surface area contributed by atoms with E-state index in [0.717, 1.165) is 0 Å². The first-order valence-electron chi connectivity index (χ1n) is 9.02. The number of hydrogen-bond donors (Lipinski definition) is 1. The van der Waals surface area contributed by atoms with Crippen molar-refractivity contribution in [1.29, 1.82) is 5.26 Å². The number of ether oxygens (including phenoxy) is 1. The molecule has 0 aliphatic carbocycles. The van der Waals surface area contributed by atoms with Gasteiger partial charge in [0.05, 0.1) is 15.7 Å². The van der Waals surface area contributed by atoms with Gasteiger partial charge in [0, 0.05) is 15.6 Å². The van der Waals surface area contributed by atoms with E-state index in [-0.39, 0.29) is 33.7 Å². The largest absolute Gasteiger partial charge is 0.486 e. The van der Waals surface area contributed by atoms with Crippen molar-refractivity contribution < 1.29 is 13.9 Å². The maximum Gasteiger partial charge on any atom is 0.266 e. The van der Waals surface area contributed by atoms with E-state index in [1.807, 2.05) is 0 Å². The first-order chi connectivity index (χ1) is 15.3. The highest BCUT2D eigenvalue weighted by molar-refractivity contribution is 6.37. The van der Waals surface area contributed by atoms with Crippen LogP contribution in [0.4, 0.5) is 10.1 Å². The van der Waals surface area contributed by atoms with Gasteiger partial charge in [0.2, 0.25) is 0 Å². The molecule has 9 heteroatoms. The topological polar surface area (TPSA) is 62.1 Å². The number of anilines is 1. The van der Waals surface area contributed by atoms with E-state index in [0.29, 0.717) is 21.2 Å². The van der Waals surface area contributed by atoms with Crippen LogP contribution in [-0.4, -0.2) is 5.91 Å². The van der Waals surface area contributed by atoms with Crippen molar-refractivity contribution in [1.82, 2.24) is 0 Å². The number of nitrogens with one attached hydrogen (secondary N) is 1. The standard InChI is InChI=1S/C23H13Cl4FN2O2/c24-16-6-5-14(17(25)10-16)12-32-22-18(26)8-13(9-19(22)27)7-15(11-29)23(31)30-21-4-2-1-3-20(21)28/h1-10H,12H2,(H,30,31)/b15-7-. The molecule has 0 unspecified atom stereocenters. The van der Waals surface area contributed by atoms with Crippen molar-refractivity contribution in [3.8, 4) is 11.8 Å². The molecular weight excluding hydrogens is 497 g/mol. The third kappa shape index (κ3) is 5.93. The molecule has 0 aliphatic rings. The van der Waals surface area contributed by atoms with E-state index >= 15 is 0 Å². The molecule has 4 nitrogen and oxygen atoms in total.